The summed E-state index contributed by atoms with van der Waals surface area (Å²) in [5.41, 5.74) is 6.44. The molecular weight excluding hydrogens is 216 g/mol. The molecule has 0 aromatic carbocycles. The first kappa shape index (κ1) is 13.3. The first-order valence-corrected chi connectivity index (χ1v) is 6.85. The molecule has 4 nitrogen and oxygen atoms in total. The van der Waals surface area contributed by atoms with E-state index in [-0.39, 0.29) is 5.54 Å². The first-order chi connectivity index (χ1) is 8.13. The Kier molecular flexibility index (Phi) is 4.42. The van der Waals surface area contributed by atoms with Gasteiger partial charge in [0.1, 0.15) is 0 Å². The maximum atomic E-state index is 6.49. The summed E-state index contributed by atoms with van der Waals surface area (Å²) < 4.78 is 11.1. The predicted octanol–water partition coefficient (Wildman–Crippen LogP) is 0.994. The summed E-state index contributed by atoms with van der Waals surface area (Å²) in [6, 6.07) is 0.537. The number of ether oxygens (including phenoxy) is 2. The van der Waals surface area contributed by atoms with Gasteiger partial charge in [-0.2, -0.15) is 0 Å². The highest BCUT2D eigenvalue weighted by molar-refractivity contribution is 4.92. The largest absolute Gasteiger partial charge is 0.381 e. The van der Waals surface area contributed by atoms with Gasteiger partial charge in [0.15, 0.2) is 0 Å². The highest BCUT2D eigenvalue weighted by atomic mass is 16.5. The average molecular weight is 242 g/mol. The topological polar surface area (TPSA) is 47.7 Å². The minimum absolute atomic E-state index is 0.0528. The molecule has 2 heterocycles. The number of morpholine rings is 1. The van der Waals surface area contributed by atoms with Crippen molar-refractivity contribution in [3.8, 4) is 0 Å². The maximum absolute atomic E-state index is 6.49. The summed E-state index contributed by atoms with van der Waals surface area (Å²) in [4.78, 5) is 2.53. The van der Waals surface area contributed by atoms with E-state index >= 15 is 0 Å². The zero-order chi connectivity index (χ0) is 12.3. The number of nitrogens with two attached hydrogens (primary N) is 1. The van der Waals surface area contributed by atoms with Crippen LogP contribution in [0.5, 0.6) is 0 Å². The van der Waals surface area contributed by atoms with Crippen molar-refractivity contribution in [3.63, 3.8) is 0 Å². The average Bonchev–Trinajstić information content (AvgIpc) is 2.29. The van der Waals surface area contributed by atoms with Crippen molar-refractivity contribution in [1.82, 2.24) is 4.90 Å². The fourth-order valence-electron chi connectivity index (χ4n) is 2.82. The van der Waals surface area contributed by atoms with Crippen molar-refractivity contribution in [2.24, 2.45) is 5.73 Å². The predicted molar refractivity (Wildman–Crippen MR) is 68.0 cm³/mol. The number of nitrogens with zero attached hydrogens (tertiary/aromatic N) is 1. The highest BCUT2D eigenvalue weighted by Crippen LogP contribution is 2.23. The molecule has 2 N–H and O–H groups in total. The fraction of sp³-hybridized carbons (Fsp3) is 1.00. The van der Waals surface area contributed by atoms with Gasteiger partial charge in [-0.05, 0) is 26.2 Å². The second-order valence-electron chi connectivity index (χ2n) is 5.61. The lowest BCUT2D eigenvalue weighted by atomic mass is 9.89. The first-order valence-electron chi connectivity index (χ1n) is 6.85. The van der Waals surface area contributed by atoms with E-state index in [0.717, 1.165) is 52.2 Å². The van der Waals surface area contributed by atoms with Crippen molar-refractivity contribution < 1.29 is 9.47 Å². The number of hydrogen-bond acceptors (Lipinski definition) is 4. The lowest BCUT2D eigenvalue weighted by molar-refractivity contribution is -0.0695. The van der Waals surface area contributed by atoms with E-state index in [1.807, 2.05) is 0 Å². The van der Waals surface area contributed by atoms with Crippen LogP contribution >= 0.6 is 0 Å². The molecule has 0 aliphatic carbocycles. The molecule has 0 radical (unpaired) electrons. The van der Waals surface area contributed by atoms with Gasteiger partial charge in [-0.15, -0.1) is 0 Å². The van der Waals surface area contributed by atoms with Gasteiger partial charge >= 0.3 is 0 Å². The summed E-state index contributed by atoms with van der Waals surface area (Å²) in [5.74, 6) is 0. The second kappa shape index (κ2) is 5.65. The molecule has 17 heavy (non-hydrogen) atoms. The van der Waals surface area contributed by atoms with E-state index in [9.17, 15) is 0 Å². The van der Waals surface area contributed by atoms with E-state index in [4.69, 9.17) is 15.2 Å². The molecule has 0 spiro atoms. The van der Waals surface area contributed by atoms with Gasteiger partial charge in [-0.25, -0.2) is 0 Å². The standard InChI is InChI=1S/C13H26N2O2/c1-3-12-9-17-11(2)8-15(12)10-13(14)4-6-16-7-5-13/h11-12H,3-10,14H2,1-2H3. The van der Waals surface area contributed by atoms with Crippen LogP contribution in [0.3, 0.4) is 0 Å². The molecular formula is C13H26N2O2. The van der Waals surface area contributed by atoms with Gasteiger partial charge in [0.2, 0.25) is 0 Å². The zero-order valence-electron chi connectivity index (χ0n) is 11.2. The van der Waals surface area contributed by atoms with Crippen molar-refractivity contribution in [1.29, 1.82) is 0 Å². The summed E-state index contributed by atoms with van der Waals surface area (Å²) >= 11 is 0. The normalized spacial score (nSPS) is 34.8. The van der Waals surface area contributed by atoms with Crippen LogP contribution in [-0.4, -0.2) is 55.5 Å². The van der Waals surface area contributed by atoms with Crippen LogP contribution in [0.2, 0.25) is 0 Å². The van der Waals surface area contributed by atoms with Gasteiger partial charge in [0, 0.05) is 37.9 Å². The summed E-state index contributed by atoms with van der Waals surface area (Å²) in [7, 11) is 0. The number of hydrogen-bond donors (Lipinski definition) is 1. The SMILES string of the molecule is CCC1COC(C)CN1CC1(N)CCOCC1. The van der Waals surface area contributed by atoms with Crippen molar-refractivity contribution in [2.45, 2.75) is 50.8 Å². The Balaban J connectivity index is 1.94. The molecule has 0 bridgehead atoms. The molecule has 2 atom stereocenters. The van der Waals surface area contributed by atoms with E-state index in [0.29, 0.717) is 12.1 Å². The van der Waals surface area contributed by atoms with Gasteiger partial charge in [0.25, 0.3) is 0 Å². The highest BCUT2D eigenvalue weighted by Gasteiger charge is 2.34. The van der Waals surface area contributed by atoms with Crippen LogP contribution in [0.25, 0.3) is 0 Å². The Morgan fingerprint density at radius 3 is 2.71 bits per heavy atom. The van der Waals surface area contributed by atoms with Gasteiger partial charge in [-0.3, -0.25) is 4.90 Å². The molecule has 2 aliphatic rings. The van der Waals surface area contributed by atoms with Crippen LogP contribution in [-0.2, 0) is 9.47 Å². The summed E-state index contributed by atoms with van der Waals surface area (Å²) in [5, 5.41) is 0. The Hall–Kier alpha value is -0.160. The van der Waals surface area contributed by atoms with Crippen LogP contribution in [0.4, 0.5) is 0 Å². The van der Waals surface area contributed by atoms with E-state index in [1.165, 1.54) is 0 Å². The summed E-state index contributed by atoms with van der Waals surface area (Å²) in [6.07, 6.45) is 3.44. The molecule has 2 unspecified atom stereocenters. The fourth-order valence-corrected chi connectivity index (χ4v) is 2.82. The van der Waals surface area contributed by atoms with Gasteiger partial charge < -0.3 is 15.2 Å². The molecule has 2 rings (SSSR count). The van der Waals surface area contributed by atoms with Crippen LogP contribution < -0.4 is 5.73 Å². The lowest BCUT2D eigenvalue weighted by Gasteiger charge is -2.44. The molecule has 0 amide bonds. The molecule has 0 aromatic rings. The van der Waals surface area contributed by atoms with Crippen molar-refractivity contribution >= 4 is 0 Å². The molecule has 0 aromatic heterocycles. The lowest BCUT2D eigenvalue weighted by Crippen LogP contribution is -2.59. The van der Waals surface area contributed by atoms with E-state index in [1.54, 1.807) is 0 Å². The van der Waals surface area contributed by atoms with E-state index in [2.05, 4.69) is 18.7 Å². The zero-order valence-corrected chi connectivity index (χ0v) is 11.2. The quantitative estimate of drug-likeness (QED) is 0.802. The molecule has 2 saturated heterocycles. The van der Waals surface area contributed by atoms with Crippen LogP contribution in [0.15, 0.2) is 0 Å². The number of rotatable bonds is 3. The van der Waals surface area contributed by atoms with Crippen molar-refractivity contribution in [2.75, 3.05) is 32.9 Å². The monoisotopic (exact) mass is 242 g/mol. The second-order valence-corrected chi connectivity index (χ2v) is 5.61. The summed E-state index contributed by atoms with van der Waals surface area (Å²) in [6.45, 7) is 8.85. The third-order valence-corrected chi connectivity index (χ3v) is 4.06. The molecule has 100 valence electrons. The third kappa shape index (κ3) is 3.41. The van der Waals surface area contributed by atoms with Gasteiger partial charge in [-0.1, -0.05) is 6.92 Å². The Morgan fingerprint density at radius 1 is 1.35 bits per heavy atom. The Bertz CT molecular complexity index is 242. The van der Waals surface area contributed by atoms with Crippen LogP contribution in [0.1, 0.15) is 33.1 Å². The minimum Gasteiger partial charge on any atom is -0.381 e. The molecule has 2 fully saturated rings. The Labute approximate surface area is 104 Å². The Morgan fingerprint density at radius 2 is 2.06 bits per heavy atom. The van der Waals surface area contributed by atoms with Gasteiger partial charge in [0.05, 0.1) is 12.7 Å². The molecule has 4 heteroatoms. The molecule has 0 saturated carbocycles. The van der Waals surface area contributed by atoms with Crippen LogP contribution in [0, 0.1) is 0 Å². The maximum Gasteiger partial charge on any atom is 0.0674 e. The van der Waals surface area contributed by atoms with E-state index < -0.39 is 0 Å². The van der Waals surface area contributed by atoms with Crippen molar-refractivity contribution in [3.05, 3.63) is 0 Å². The third-order valence-electron chi connectivity index (χ3n) is 4.06. The smallest absolute Gasteiger partial charge is 0.0674 e. The minimum atomic E-state index is -0.0528. The molecule has 2 aliphatic heterocycles.